The molecule has 10 heteroatoms. The maximum atomic E-state index is 14.5. The number of carbonyl (C=O) groups is 2. The number of halogens is 2. The first-order valence-corrected chi connectivity index (χ1v) is 16.8. The molecule has 2 amide bonds. The summed E-state index contributed by atoms with van der Waals surface area (Å²) in [7, 11) is -4.30. The van der Waals surface area contributed by atoms with Gasteiger partial charge in [0.15, 0.2) is 0 Å². The van der Waals surface area contributed by atoms with Crippen LogP contribution in [0.3, 0.4) is 0 Å². The van der Waals surface area contributed by atoms with Crippen molar-refractivity contribution in [3.05, 3.63) is 129 Å². The Morgan fingerprint density at radius 2 is 1.44 bits per heavy atom. The molecular formula is C35H37Cl2N3O4S. The normalized spacial score (nSPS) is 12.1. The fourth-order valence-electron chi connectivity index (χ4n) is 4.98. The summed E-state index contributed by atoms with van der Waals surface area (Å²) in [5.41, 5.74) is 3.57. The predicted octanol–water partition coefficient (Wildman–Crippen LogP) is 6.97. The number of amides is 2. The summed E-state index contributed by atoms with van der Waals surface area (Å²) in [4.78, 5) is 29.8. The van der Waals surface area contributed by atoms with Gasteiger partial charge in [-0.2, -0.15) is 0 Å². The van der Waals surface area contributed by atoms with Gasteiger partial charge in [0.25, 0.3) is 10.0 Å². The molecule has 0 aliphatic heterocycles. The Morgan fingerprint density at radius 1 is 0.800 bits per heavy atom. The Hall–Kier alpha value is -3.85. The number of rotatable bonds is 12. The molecule has 0 saturated carbocycles. The molecule has 0 fully saturated rings. The largest absolute Gasteiger partial charge is 0.352 e. The molecule has 4 aromatic carbocycles. The van der Waals surface area contributed by atoms with Gasteiger partial charge < -0.3 is 10.2 Å². The number of aryl methyl sites for hydroxylation is 2. The Labute approximate surface area is 275 Å². The van der Waals surface area contributed by atoms with Crippen molar-refractivity contribution < 1.29 is 18.0 Å². The molecule has 0 aromatic heterocycles. The number of carbonyl (C=O) groups excluding carboxylic acids is 2. The van der Waals surface area contributed by atoms with Gasteiger partial charge >= 0.3 is 0 Å². The van der Waals surface area contributed by atoms with Crippen molar-refractivity contribution in [3.8, 4) is 0 Å². The molecule has 236 valence electrons. The first-order chi connectivity index (χ1) is 21.4. The molecule has 1 N–H and O–H groups in total. The lowest BCUT2D eigenvalue weighted by Gasteiger charge is -2.34. The third-order valence-electron chi connectivity index (χ3n) is 7.23. The number of sulfonamides is 1. The van der Waals surface area contributed by atoms with E-state index < -0.39 is 28.5 Å². The molecule has 0 aliphatic rings. The monoisotopic (exact) mass is 665 g/mol. The van der Waals surface area contributed by atoms with Gasteiger partial charge in [0.1, 0.15) is 12.6 Å². The van der Waals surface area contributed by atoms with Gasteiger partial charge in [-0.15, -0.1) is 0 Å². The van der Waals surface area contributed by atoms with E-state index in [2.05, 4.69) is 5.32 Å². The zero-order valence-electron chi connectivity index (χ0n) is 25.7. The van der Waals surface area contributed by atoms with E-state index >= 15 is 0 Å². The first-order valence-electron chi connectivity index (χ1n) is 14.6. The number of hydrogen-bond donors (Lipinski definition) is 1. The zero-order valence-corrected chi connectivity index (χ0v) is 28.0. The summed E-state index contributed by atoms with van der Waals surface area (Å²) >= 11 is 12.9. The first kappa shape index (κ1) is 34.0. The minimum absolute atomic E-state index is 0.00808. The van der Waals surface area contributed by atoms with Gasteiger partial charge in [-0.1, -0.05) is 107 Å². The van der Waals surface area contributed by atoms with Gasteiger partial charge in [0.2, 0.25) is 11.8 Å². The van der Waals surface area contributed by atoms with Gasteiger partial charge in [-0.3, -0.25) is 13.9 Å². The topological polar surface area (TPSA) is 86.8 Å². The number of hydrogen-bond acceptors (Lipinski definition) is 4. The quantitative estimate of drug-likeness (QED) is 0.177. The Bertz CT molecular complexity index is 1750. The van der Waals surface area contributed by atoms with E-state index in [1.165, 1.54) is 23.1 Å². The van der Waals surface area contributed by atoms with E-state index in [0.29, 0.717) is 0 Å². The third kappa shape index (κ3) is 8.66. The van der Waals surface area contributed by atoms with Crippen LogP contribution in [0.2, 0.25) is 10.0 Å². The molecule has 0 saturated heterocycles. The Morgan fingerprint density at radius 3 is 2.09 bits per heavy atom. The van der Waals surface area contributed by atoms with Crippen LogP contribution < -0.4 is 9.62 Å². The van der Waals surface area contributed by atoms with Crippen LogP contribution in [0.4, 0.5) is 5.69 Å². The van der Waals surface area contributed by atoms with Crippen molar-refractivity contribution >= 4 is 50.7 Å². The highest BCUT2D eigenvalue weighted by atomic mass is 35.5. The Balaban J connectivity index is 1.84. The molecule has 0 bridgehead atoms. The van der Waals surface area contributed by atoms with Crippen molar-refractivity contribution in [2.45, 2.75) is 57.6 Å². The minimum atomic E-state index is -4.30. The molecule has 45 heavy (non-hydrogen) atoms. The number of nitrogens with zero attached hydrogens (tertiary/aromatic N) is 2. The highest BCUT2D eigenvalue weighted by Gasteiger charge is 2.35. The van der Waals surface area contributed by atoms with E-state index in [9.17, 15) is 18.0 Å². The highest BCUT2D eigenvalue weighted by Crippen LogP contribution is 2.35. The average molecular weight is 667 g/mol. The van der Waals surface area contributed by atoms with E-state index in [-0.39, 0.29) is 45.5 Å². The molecule has 0 radical (unpaired) electrons. The fraction of sp³-hybridized carbons (Fsp3) is 0.257. The van der Waals surface area contributed by atoms with Gasteiger partial charge in [0, 0.05) is 19.0 Å². The molecule has 1 atom stereocenters. The van der Waals surface area contributed by atoms with E-state index in [0.717, 1.165) is 26.6 Å². The molecule has 4 rings (SSSR count). The lowest BCUT2D eigenvalue weighted by atomic mass is 10.0. The minimum Gasteiger partial charge on any atom is -0.352 e. The third-order valence-corrected chi connectivity index (χ3v) is 9.81. The van der Waals surface area contributed by atoms with Crippen LogP contribution in [0.5, 0.6) is 0 Å². The lowest BCUT2D eigenvalue weighted by molar-refractivity contribution is -0.140. The second kappa shape index (κ2) is 15.0. The summed E-state index contributed by atoms with van der Waals surface area (Å²) in [6.07, 6.45) is 0.222. The van der Waals surface area contributed by atoms with Crippen molar-refractivity contribution in [2.24, 2.45) is 0 Å². The van der Waals surface area contributed by atoms with Crippen LogP contribution in [-0.2, 0) is 32.6 Å². The van der Waals surface area contributed by atoms with E-state index in [1.54, 1.807) is 24.3 Å². The maximum absolute atomic E-state index is 14.5. The van der Waals surface area contributed by atoms with Crippen LogP contribution in [-0.4, -0.2) is 43.8 Å². The van der Waals surface area contributed by atoms with Gasteiger partial charge in [-0.25, -0.2) is 8.42 Å². The van der Waals surface area contributed by atoms with Crippen LogP contribution >= 0.6 is 23.2 Å². The van der Waals surface area contributed by atoms with E-state index in [1.807, 2.05) is 82.3 Å². The molecular weight excluding hydrogens is 629 g/mol. The average Bonchev–Trinajstić information content (AvgIpc) is 2.99. The lowest BCUT2D eigenvalue weighted by Crippen LogP contribution is -2.54. The number of nitrogens with one attached hydrogen (secondary N) is 1. The summed E-state index contributed by atoms with van der Waals surface area (Å²) < 4.78 is 29.3. The molecule has 0 unspecified atom stereocenters. The second-order valence-electron chi connectivity index (χ2n) is 11.3. The molecule has 0 heterocycles. The number of anilines is 1. The van der Waals surface area contributed by atoms with Gasteiger partial charge in [0.05, 0.1) is 20.6 Å². The molecule has 7 nitrogen and oxygen atoms in total. The molecule has 0 aliphatic carbocycles. The summed E-state index contributed by atoms with van der Waals surface area (Å²) in [5, 5.41) is 3.09. The summed E-state index contributed by atoms with van der Waals surface area (Å²) in [6.45, 7) is 6.94. The van der Waals surface area contributed by atoms with E-state index in [4.69, 9.17) is 23.2 Å². The van der Waals surface area contributed by atoms with Crippen molar-refractivity contribution in [2.75, 3.05) is 10.8 Å². The summed E-state index contributed by atoms with van der Waals surface area (Å²) in [6, 6.07) is 26.9. The van der Waals surface area contributed by atoms with Crippen LogP contribution in [0, 0.1) is 13.8 Å². The smallest absolute Gasteiger partial charge is 0.264 e. The fourth-order valence-corrected chi connectivity index (χ4v) is 6.85. The number of benzene rings is 4. The van der Waals surface area contributed by atoms with Gasteiger partial charge in [-0.05, 0) is 63.1 Å². The second-order valence-corrected chi connectivity index (χ2v) is 13.9. The predicted molar refractivity (Wildman–Crippen MR) is 181 cm³/mol. The zero-order chi connectivity index (χ0) is 32.7. The standard InChI is InChI=1S/C35H37Cl2N3O4S/c1-24(2)38-35(42)32(21-27-11-6-5-7-12-27)39(22-28-13-8-10-26(4)20-28)33(41)23-40(31-15-9-14-30(36)34(31)37)45(43,44)29-18-16-25(3)17-19-29/h5-20,24,32H,21-23H2,1-4H3,(H,38,42)/t32-/m1/s1. The van der Waals surface area contributed by atoms with Crippen LogP contribution in [0.25, 0.3) is 0 Å². The molecule has 0 spiro atoms. The SMILES string of the molecule is Cc1ccc(S(=O)(=O)N(CC(=O)N(Cc2cccc(C)c2)[C@H](Cc2ccccc2)C(=O)NC(C)C)c2cccc(Cl)c2Cl)cc1. The van der Waals surface area contributed by atoms with Crippen molar-refractivity contribution in [1.29, 1.82) is 0 Å². The molecule has 4 aromatic rings. The summed E-state index contributed by atoms with van der Waals surface area (Å²) in [5.74, 6) is -0.924. The van der Waals surface area contributed by atoms with Crippen LogP contribution in [0.15, 0.2) is 102 Å². The Kier molecular flexibility index (Phi) is 11.3. The maximum Gasteiger partial charge on any atom is 0.264 e. The van der Waals surface area contributed by atoms with Crippen molar-refractivity contribution in [3.63, 3.8) is 0 Å². The highest BCUT2D eigenvalue weighted by molar-refractivity contribution is 7.92. The van der Waals surface area contributed by atoms with Crippen LogP contribution in [0.1, 0.15) is 36.1 Å². The van der Waals surface area contributed by atoms with Crippen molar-refractivity contribution in [1.82, 2.24) is 10.2 Å².